The van der Waals surface area contributed by atoms with E-state index in [0.29, 0.717) is 10.8 Å². The molecule has 0 saturated heterocycles. The van der Waals surface area contributed by atoms with E-state index in [2.05, 4.69) is 10.3 Å². The average Bonchev–Trinajstić information content (AvgIpc) is 3.18. The Bertz CT molecular complexity index is 1270. The number of amides is 1. The van der Waals surface area contributed by atoms with E-state index in [-0.39, 0.29) is 11.3 Å². The number of anilines is 1. The van der Waals surface area contributed by atoms with Crippen molar-refractivity contribution in [2.24, 2.45) is 0 Å². The summed E-state index contributed by atoms with van der Waals surface area (Å²) in [4.78, 5) is 28.4. The van der Waals surface area contributed by atoms with E-state index >= 15 is 0 Å². The molecule has 0 unspecified atom stereocenters. The molecule has 8 heteroatoms. The molecule has 0 bridgehead atoms. The number of thiazole rings is 1. The fourth-order valence-corrected chi connectivity index (χ4v) is 4.01. The number of aromatic nitrogens is 1. The Hall–Kier alpha value is -3.91. The van der Waals surface area contributed by atoms with Crippen LogP contribution in [0.1, 0.15) is 15.9 Å². The van der Waals surface area contributed by atoms with Crippen molar-refractivity contribution >= 4 is 28.1 Å². The van der Waals surface area contributed by atoms with E-state index in [1.807, 2.05) is 31.2 Å². The van der Waals surface area contributed by atoms with Gasteiger partial charge in [0.1, 0.15) is 5.82 Å². The van der Waals surface area contributed by atoms with Gasteiger partial charge in [-0.1, -0.05) is 53.3 Å². The van der Waals surface area contributed by atoms with Crippen molar-refractivity contribution in [3.8, 4) is 21.7 Å². The van der Waals surface area contributed by atoms with Crippen LogP contribution in [-0.2, 0) is 0 Å². The van der Waals surface area contributed by atoms with Gasteiger partial charge in [0.05, 0.1) is 21.1 Å². The van der Waals surface area contributed by atoms with Crippen LogP contribution in [-0.4, -0.2) is 15.8 Å². The number of non-ortho nitro benzene ring substituents is 1. The number of nitro groups is 1. The van der Waals surface area contributed by atoms with Crippen LogP contribution < -0.4 is 5.32 Å². The largest absolute Gasteiger partial charge is 0.298 e. The highest BCUT2D eigenvalue weighted by Crippen LogP contribution is 2.39. The lowest BCUT2D eigenvalue weighted by Gasteiger charge is -2.03. The summed E-state index contributed by atoms with van der Waals surface area (Å²) in [6.45, 7) is 1.97. The normalized spacial score (nSPS) is 10.6. The first-order chi connectivity index (χ1) is 14.9. The lowest BCUT2D eigenvalue weighted by molar-refractivity contribution is -0.384. The summed E-state index contributed by atoms with van der Waals surface area (Å²) < 4.78 is 14.0. The lowest BCUT2D eigenvalue weighted by Crippen LogP contribution is -2.13. The van der Waals surface area contributed by atoms with Crippen molar-refractivity contribution in [2.45, 2.75) is 6.92 Å². The Morgan fingerprint density at radius 1 is 1.00 bits per heavy atom. The molecule has 0 aliphatic heterocycles. The second kappa shape index (κ2) is 8.45. The molecule has 0 aliphatic rings. The molecule has 1 amide bonds. The zero-order valence-corrected chi connectivity index (χ0v) is 17.2. The lowest BCUT2D eigenvalue weighted by atomic mass is 10.1. The Labute approximate surface area is 181 Å². The molecule has 1 heterocycles. The summed E-state index contributed by atoms with van der Waals surface area (Å²) in [5.74, 6) is -1.22. The van der Waals surface area contributed by atoms with Gasteiger partial charge in [-0.3, -0.25) is 20.2 Å². The van der Waals surface area contributed by atoms with Gasteiger partial charge in [-0.2, -0.15) is 0 Å². The number of halogens is 1. The van der Waals surface area contributed by atoms with Crippen molar-refractivity contribution < 1.29 is 14.1 Å². The zero-order valence-electron chi connectivity index (χ0n) is 16.3. The molecule has 0 fully saturated rings. The highest BCUT2D eigenvalue weighted by molar-refractivity contribution is 7.19. The molecular formula is C23H16FN3O3S. The third-order valence-electron chi connectivity index (χ3n) is 4.63. The van der Waals surface area contributed by atoms with Gasteiger partial charge in [-0.25, -0.2) is 9.37 Å². The van der Waals surface area contributed by atoms with Crippen LogP contribution in [0.25, 0.3) is 21.7 Å². The highest BCUT2D eigenvalue weighted by Gasteiger charge is 2.19. The molecule has 1 aromatic heterocycles. The first-order valence-electron chi connectivity index (χ1n) is 9.31. The van der Waals surface area contributed by atoms with Crippen LogP contribution in [0.3, 0.4) is 0 Å². The Kier molecular flexibility index (Phi) is 5.55. The molecule has 154 valence electrons. The van der Waals surface area contributed by atoms with Crippen LogP contribution in [0.15, 0.2) is 72.8 Å². The van der Waals surface area contributed by atoms with Gasteiger partial charge in [0.25, 0.3) is 11.6 Å². The Morgan fingerprint density at radius 2 is 1.65 bits per heavy atom. The van der Waals surface area contributed by atoms with Crippen molar-refractivity contribution in [1.82, 2.24) is 4.98 Å². The second-order valence-corrected chi connectivity index (χ2v) is 7.80. The molecule has 0 saturated carbocycles. The summed E-state index contributed by atoms with van der Waals surface area (Å²) in [6, 6.07) is 19.6. The average molecular weight is 433 g/mol. The molecule has 31 heavy (non-hydrogen) atoms. The number of aryl methyl sites for hydroxylation is 1. The molecule has 1 N–H and O–H groups in total. The van der Waals surface area contributed by atoms with E-state index < -0.39 is 16.6 Å². The molecule has 0 atom stereocenters. The Balaban J connectivity index is 1.75. The predicted octanol–water partition coefficient (Wildman–Crippen LogP) is 6.09. The van der Waals surface area contributed by atoms with Gasteiger partial charge in [0.15, 0.2) is 5.13 Å². The minimum Gasteiger partial charge on any atom is -0.298 e. The van der Waals surface area contributed by atoms with Gasteiger partial charge >= 0.3 is 0 Å². The summed E-state index contributed by atoms with van der Waals surface area (Å²) >= 11 is 1.22. The monoisotopic (exact) mass is 433 g/mol. The fraction of sp³-hybridized carbons (Fsp3) is 0.0435. The van der Waals surface area contributed by atoms with Gasteiger partial charge < -0.3 is 0 Å². The van der Waals surface area contributed by atoms with Gasteiger partial charge in [-0.05, 0) is 36.8 Å². The molecule has 0 spiro atoms. The third kappa shape index (κ3) is 4.34. The van der Waals surface area contributed by atoms with E-state index in [1.54, 1.807) is 18.2 Å². The van der Waals surface area contributed by atoms with Crippen LogP contribution >= 0.6 is 11.3 Å². The van der Waals surface area contributed by atoms with Gasteiger partial charge in [0, 0.05) is 17.7 Å². The van der Waals surface area contributed by atoms with E-state index in [1.165, 1.54) is 41.7 Å². The number of benzene rings is 3. The molecule has 6 nitrogen and oxygen atoms in total. The SMILES string of the molecule is Cc1ccc(-c2nc(NC(=O)c3ccccc3F)sc2-c2ccc([N+](=O)[O-])cc2)cc1. The molecule has 0 radical (unpaired) electrons. The molecular weight excluding hydrogens is 417 g/mol. The number of nitrogens with one attached hydrogen (secondary N) is 1. The van der Waals surface area contributed by atoms with Crippen molar-refractivity contribution in [3.05, 3.63) is 99.9 Å². The summed E-state index contributed by atoms with van der Waals surface area (Å²) in [6.07, 6.45) is 0. The second-order valence-electron chi connectivity index (χ2n) is 6.80. The molecule has 3 aromatic carbocycles. The van der Waals surface area contributed by atoms with Crippen LogP contribution in [0.4, 0.5) is 15.2 Å². The maximum atomic E-state index is 14.0. The molecule has 4 aromatic rings. The topological polar surface area (TPSA) is 85.1 Å². The smallest absolute Gasteiger partial charge is 0.269 e. The number of hydrogen-bond donors (Lipinski definition) is 1. The summed E-state index contributed by atoms with van der Waals surface area (Å²) in [5, 5.41) is 13.9. The van der Waals surface area contributed by atoms with Crippen LogP contribution in [0, 0.1) is 22.9 Å². The fourth-order valence-electron chi connectivity index (χ4n) is 3.02. The van der Waals surface area contributed by atoms with Crippen LogP contribution in [0.5, 0.6) is 0 Å². The van der Waals surface area contributed by atoms with Gasteiger partial charge in [-0.15, -0.1) is 0 Å². The minimum atomic E-state index is -0.620. The van der Waals surface area contributed by atoms with Gasteiger partial charge in [0.2, 0.25) is 0 Å². The predicted molar refractivity (Wildman–Crippen MR) is 119 cm³/mol. The number of carbonyl (C=O) groups excluding carboxylic acids is 1. The molecule has 4 rings (SSSR count). The van der Waals surface area contributed by atoms with E-state index in [0.717, 1.165) is 21.6 Å². The minimum absolute atomic E-state index is 0.0155. The highest BCUT2D eigenvalue weighted by atomic mass is 32.1. The van der Waals surface area contributed by atoms with E-state index in [4.69, 9.17) is 0 Å². The number of rotatable bonds is 5. The number of nitro benzene ring substituents is 1. The maximum Gasteiger partial charge on any atom is 0.269 e. The van der Waals surface area contributed by atoms with Crippen molar-refractivity contribution in [3.63, 3.8) is 0 Å². The number of carbonyl (C=O) groups is 1. The zero-order chi connectivity index (χ0) is 22.0. The quantitative estimate of drug-likeness (QED) is 0.305. The first-order valence-corrected chi connectivity index (χ1v) is 10.1. The number of nitrogens with zero attached hydrogens (tertiary/aromatic N) is 2. The van der Waals surface area contributed by atoms with Crippen molar-refractivity contribution in [2.75, 3.05) is 5.32 Å². The summed E-state index contributed by atoms with van der Waals surface area (Å²) in [7, 11) is 0. The Morgan fingerprint density at radius 3 is 2.29 bits per heavy atom. The summed E-state index contributed by atoms with van der Waals surface area (Å²) in [5.41, 5.74) is 3.18. The third-order valence-corrected chi connectivity index (χ3v) is 5.65. The standard InChI is InChI=1S/C23H16FN3O3S/c1-14-6-8-15(9-7-14)20-21(16-10-12-17(13-11-16)27(29)30)31-23(25-20)26-22(28)18-4-2-3-5-19(18)24/h2-13H,1H3,(H,25,26,28). The van der Waals surface area contributed by atoms with Crippen LogP contribution in [0.2, 0.25) is 0 Å². The molecule has 0 aliphatic carbocycles. The number of hydrogen-bond acceptors (Lipinski definition) is 5. The van der Waals surface area contributed by atoms with Crippen molar-refractivity contribution in [1.29, 1.82) is 0 Å². The first kappa shape index (κ1) is 20.4. The maximum absolute atomic E-state index is 14.0. The van der Waals surface area contributed by atoms with E-state index in [9.17, 15) is 19.3 Å².